The molecule has 0 unspecified atom stereocenters. The summed E-state index contributed by atoms with van der Waals surface area (Å²) >= 11 is 0. The topological polar surface area (TPSA) is 68.2 Å². The minimum atomic E-state index is -0.213. The second kappa shape index (κ2) is 6.83. The van der Waals surface area contributed by atoms with Crippen LogP contribution in [0.2, 0.25) is 0 Å². The summed E-state index contributed by atoms with van der Waals surface area (Å²) in [6, 6.07) is 11.9. The van der Waals surface area contributed by atoms with Crippen LogP contribution in [-0.2, 0) is 17.2 Å². The number of aromatic nitrogens is 2. The monoisotopic (exact) mass is 314 g/mol. The van der Waals surface area contributed by atoms with E-state index in [0.29, 0.717) is 12.4 Å². The summed E-state index contributed by atoms with van der Waals surface area (Å²) in [6.07, 6.45) is 3.46. The molecular formula is C17H22N4O2. The molecule has 6 nitrogen and oxygen atoms in total. The molecule has 2 heterocycles. The zero-order valence-corrected chi connectivity index (χ0v) is 13.3. The van der Waals surface area contributed by atoms with Crippen LogP contribution in [0.25, 0.3) is 0 Å². The van der Waals surface area contributed by atoms with Crippen LogP contribution in [0.4, 0.5) is 10.6 Å². The maximum absolute atomic E-state index is 12.2. The van der Waals surface area contributed by atoms with Crippen molar-refractivity contribution in [1.29, 1.82) is 0 Å². The molecule has 0 saturated carbocycles. The lowest BCUT2D eigenvalue weighted by molar-refractivity contribution is 0.0508. The molecule has 0 atom stereocenters. The van der Waals surface area contributed by atoms with Gasteiger partial charge in [0, 0.05) is 38.3 Å². The van der Waals surface area contributed by atoms with E-state index in [1.54, 1.807) is 24.0 Å². The summed E-state index contributed by atoms with van der Waals surface area (Å²) in [5.41, 5.74) is 1.19. The summed E-state index contributed by atoms with van der Waals surface area (Å²) in [5.74, 6) is 0.670. The van der Waals surface area contributed by atoms with Crippen LogP contribution in [0.3, 0.4) is 0 Å². The molecule has 0 aliphatic carbocycles. The first-order chi connectivity index (χ1) is 11.2. The minimum Gasteiger partial charge on any atom is -0.381 e. The number of urea groups is 1. The van der Waals surface area contributed by atoms with Crippen LogP contribution in [-0.4, -0.2) is 35.6 Å². The molecule has 2 N–H and O–H groups in total. The van der Waals surface area contributed by atoms with Gasteiger partial charge < -0.3 is 10.1 Å². The summed E-state index contributed by atoms with van der Waals surface area (Å²) < 4.78 is 7.14. The lowest BCUT2D eigenvalue weighted by atomic mass is 9.74. The van der Waals surface area contributed by atoms with Gasteiger partial charge in [0.05, 0.1) is 6.20 Å². The normalized spacial score (nSPS) is 16.7. The number of hydrogen-bond acceptors (Lipinski definition) is 3. The Bertz CT molecular complexity index is 648. The van der Waals surface area contributed by atoms with Gasteiger partial charge in [0.1, 0.15) is 5.82 Å². The highest BCUT2D eigenvalue weighted by atomic mass is 16.5. The van der Waals surface area contributed by atoms with E-state index >= 15 is 0 Å². The van der Waals surface area contributed by atoms with Crippen molar-refractivity contribution in [2.45, 2.75) is 18.3 Å². The molecule has 1 aromatic heterocycles. The Kier molecular flexibility index (Phi) is 4.62. The fourth-order valence-electron chi connectivity index (χ4n) is 3.03. The van der Waals surface area contributed by atoms with E-state index in [-0.39, 0.29) is 11.4 Å². The number of amides is 2. The van der Waals surface area contributed by atoms with Gasteiger partial charge in [-0.25, -0.2) is 4.79 Å². The molecule has 0 bridgehead atoms. The molecule has 0 spiro atoms. The Hall–Kier alpha value is -2.34. The van der Waals surface area contributed by atoms with Crippen molar-refractivity contribution in [3.05, 3.63) is 48.2 Å². The highest BCUT2D eigenvalue weighted by Gasteiger charge is 2.34. The lowest BCUT2D eigenvalue weighted by Gasteiger charge is -2.37. The van der Waals surface area contributed by atoms with Crippen molar-refractivity contribution in [2.75, 3.05) is 25.1 Å². The predicted octanol–water partition coefficient (Wildman–Crippen LogP) is 2.29. The maximum atomic E-state index is 12.2. The Morgan fingerprint density at radius 3 is 2.65 bits per heavy atom. The van der Waals surface area contributed by atoms with E-state index in [1.165, 1.54) is 5.56 Å². The molecule has 6 heteroatoms. The Morgan fingerprint density at radius 1 is 1.26 bits per heavy atom. The average Bonchev–Trinajstić information content (AvgIpc) is 2.99. The van der Waals surface area contributed by atoms with E-state index in [9.17, 15) is 4.79 Å². The summed E-state index contributed by atoms with van der Waals surface area (Å²) in [5, 5.41) is 9.87. The number of carbonyl (C=O) groups excluding carboxylic acids is 1. The van der Waals surface area contributed by atoms with Gasteiger partial charge in [-0.2, -0.15) is 5.10 Å². The fourth-order valence-corrected chi connectivity index (χ4v) is 3.03. The predicted molar refractivity (Wildman–Crippen MR) is 88.4 cm³/mol. The van der Waals surface area contributed by atoms with E-state index in [4.69, 9.17) is 4.74 Å². The highest BCUT2D eigenvalue weighted by Crippen LogP contribution is 2.34. The molecular weight excluding hydrogens is 292 g/mol. The number of nitrogens with one attached hydrogen (secondary N) is 2. The van der Waals surface area contributed by atoms with E-state index in [1.807, 2.05) is 18.2 Å². The van der Waals surface area contributed by atoms with Gasteiger partial charge in [-0.1, -0.05) is 30.3 Å². The number of anilines is 1. The van der Waals surface area contributed by atoms with E-state index in [2.05, 4.69) is 27.9 Å². The molecule has 3 rings (SSSR count). The second-order valence-electron chi connectivity index (χ2n) is 5.91. The Labute approximate surface area is 135 Å². The standard InChI is InChI=1S/C17H22N4O2/c1-21-15(7-10-19-21)20-16(22)18-13-17(8-11-23-12-9-17)14-5-3-2-4-6-14/h2-7,10H,8-9,11-13H2,1H3,(H2,18,20,22). The number of benzene rings is 1. The smallest absolute Gasteiger partial charge is 0.320 e. The quantitative estimate of drug-likeness (QED) is 0.910. The van der Waals surface area contributed by atoms with Gasteiger partial charge >= 0.3 is 6.03 Å². The second-order valence-corrected chi connectivity index (χ2v) is 5.91. The average molecular weight is 314 g/mol. The lowest BCUT2D eigenvalue weighted by Crippen LogP contribution is -2.45. The number of hydrogen-bond donors (Lipinski definition) is 2. The van der Waals surface area contributed by atoms with Crippen molar-refractivity contribution in [3.63, 3.8) is 0 Å². The van der Waals surface area contributed by atoms with Crippen molar-refractivity contribution < 1.29 is 9.53 Å². The summed E-state index contributed by atoms with van der Waals surface area (Å²) in [6.45, 7) is 2.03. The zero-order chi connectivity index (χ0) is 16.1. The van der Waals surface area contributed by atoms with Crippen molar-refractivity contribution in [2.24, 2.45) is 7.05 Å². The highest BCUT2D eigenvalue weighted by molar-refractivity contribution is 5.88. The maximum Gasteiger partial charge on any atom is 0.320 e. The van der Waals surface area contributed by atoms with Gasteiger partial charge in [-0.3, -0.25) is 10.00 Å². The number of nitrogens with zero attached hydrogens (tertiary/aromatic N) is 2. The number of ether oxygens (including phenoxy) is 1. The van der Waals surface area contributed by atoms with Gasteiger partial charge in [0.25, 0.3) is 0 Å². The van der Waals surface area contributed by atoms with Crippen LogP contribution < -0.4 is 10.6 Å². The third-order valence-electron chi connectivity index (χ3n) is 4.49. The Morgan fingerprint density at radius 2 is 2.00 bits per heavy atom. The van der Waals surface area contributed by atoms with Gasteiger partial charge in [-0.15, -0.1) is 0 Å². The van der Waals surface area contributed by atoms with Gasteiger partial charge in [0.2, 0.25) is 0 Å². The molecule has 1 saturated heterocycles. The third kappa shape index (κ3) is 3.53. The van der Waals surface area contributed by atoms with Gasteiger partial charge in [0.15, 0.2) is 0 Å². The van der Waals surface area contributed by atoms with E-state index < -0.39 is 0 Å². The molecule has 23 heavy (non-hydrogen) atoms. The molecule has 0 radical (unpaired) electrons. The third-order valence-corrected chi connectivity index (χ3v) is 4.49. The first-order valence-corrected chi connectivity index (χ1v) is 7.86. The number of aryl methyl sites for hydroxylation is 1. The first-order valence-electron chi connectivity index (χ1n) is 7.86. The molecule has 1 fully saturated rings. The minimum absolute atomic E-state index is 0.0662. The fraction of sp³-hybridized carbons (Fsp3) is 0.412. The van der Waals surface area contributed by atoms with Crippen molar-refractivity contribution in [1.82, 2.24) is 15.1 Å². The summed E-state index contributed by atoms with van der Waals surface area (Å²) in [7, 11) is 1.79. The van der Waals surface area contributed by atoms with Crippen LogP contribution in [0, 0.1) is 0 Å². The Balaban J connectivity index is 1.67. The zero-order valence-electron chi connectivity index (χ0n) is 13.3. The van der Waals surface area contributed by atoms with Crippen LogP contribution >= 0.6 is 0 Å². The molecule has 122 valence electrons. The van der Waals surface area contributed by atoms with E-state index in [0.717, 1.165) is 26.1 Å². The largest absolute Gasteiger partial charge is 0.381 e. The molecule has 1 aliphatic heterocycles. The van der Waals surface area contributed by atoms with Gasteiger partial charge in [-0.05, 0) is 18.4 Å². The summed E-state index contributed by atoms with van der Waals surface area (Å²) in [4.78, 5) is 12.2. The SMILES string of the molecule is Cn1nccc1NC(=O)NCC1(c2ccccc2)CCOCC1. The number of carbonyl (C=O) groups is 1. The first kappa shape index (κ1) is 15.6. The van der Waals surface area contributed by atoms with Crippen LogP contribution in [0.1, 0.15) is 18.4 Å². The molecule has 2 amide bonds. The molecule has 2 aromatic rings. The van der Waals surface area contributed by atoms with Crippen LogP contribution in [0.15, 0.2) is 42.6 Å². The van der Waals surface area contributed by atoms with Crippen molar-refractivity contribution >= 4 is 11.8 Å². The van der Waals surface area contributed by atoms with Crippen LogP contribution in [0.5, 0.6) is 0 Å². The van der Waals surface area contributed by atoms with Crippen molar-refractivity contribution in [3.8, 4) is 0 Å². The molecule has 1 aliphatic rings. The number of rotatable bonds is 4. The molecule has 1 aromatic carbocycles.